The van der Waals surface area contributed by atoms with Gasteiger partial charge in [0.1, 0.15) is 16.9 Å². The Morgan fingerprint density at radius 2 is 1.85 bits per heavy atom. The van der Waals surface area contributed by atoms with Crippen molar-refractivity contribution in [2.75, 3.05) is 38.2 Å². The summed E-state index contributed by atoms with van der Waals surface area (Å²) in [7, 11) is 2.21. The normalized spacial score (nSPS) is 29.1. The van der Waals surface area contributed by atoms with Gasteiger partial charge >= 0.3 is 12.1 Å². The smallest absolute Gasteiger partial charge is 0.410 e. The molecule has 0 spiro atoms. The largest absolute Gasteiger partial charge is 0.463 e. The highest BCUT2D eigenvalue weighted by Crippen LogP contribution is 2.47. The van der Waals surface area contributed by atoms with Crippen molar-refractivity contribution in [1.82, 2.24) is 19.8 Å². The number of piperazine rings is 1. The maximum atomic E-state index is 15.4. The third-order valence-corrected chi connectivity index (χ3v) is 9.78. The van der Waals surface area contributed by atoms with E-state index in [-0.39, 0.29) is 35.1 Å². The summed E-state index contributed by atoms with van der Waals surface area (Å²) in [6, 6.07) is 4.34. The van der Waals surface area contributed by atoms with Crippen LogP contribution in [0.5, 0.6) is 6.01 Å². The molecule has 4 heterocycles. The molecule has 4 aliphatic rings. The minimum atomic E-state index is -0.543. The first-order valence-electron chi connectivity index (χ1n) is 14.3. The van der Waals surface area contributed by atoms with Crippen LogP contribution in [0.4, 0.5) is 15.0 Å². The summed E-state index contributed by atoms with van der Waals surface area (Å²) in [6.45, 7) is 8.56. The van der Waals surface area contributed by atoms with Crippen LogP contribution in [0.3, 0.4) is 0 Å². The molecule has 1 aromatic carbocycles. The van der Waals surface area contributed by atoms with E-state index in [1.54, 1.807) is 6.07 Å². The lowest BCUT2D eigenvalue weighted by molar-refractivity contribution is 0.0119. The summed E-state index contributed by atoms with van der Waals surface area (Å²) in [4.78, 5) is 29.0. The Labute approximate surface area is 238 Å². The first kappa shape index (κ1) is 27.0. The molecule has 1 amide bonds. The van der Waals surface area contributed by atoms with Gasteiger partial charge in [0.2, 0.25) is 0 Å². The van der Waals surface area contributed by atoms with Crippen LogP contribution >= 0.6 is 15.9 Å². The Morgan fingerprint density at radius 1 is 1.13 bits per heavy atom. The maximum Gasteiger partial charge on any atom is 0.410 e. The number of hydrogen-bond donors (Lipinski definition) is 0. The van der Waals surface area contributed by atoms with E-state index in [9.17, 15) is 4.79 Å². The molecular weight excluding hydrogens is 565 g/mol. The number of ether oxygens (including phenoxy) is 2. The average molecular weight is 605 g/mol. The molecule has 39 heavy (non-hydrogen) atoms. The molecule has 8 nitrogen and oxygen atoms in total. The number of rotatable bonds is 4. The number of fused-ring (bicyclic) bond motifs is 4. The summed E-state index contributed by atoms with van der Waals surface area (Å²) in [5.41, 5.74) is -0.189. The summed E-state index contributed by atoms with van der Waals surface area (Å²) in [5.74, 6) is 0.258. The predicted octanol–water partition coefficient (Wildman–Crippen LogP) is 5.76. The topological polar surface area (TPSA) is 71.0 Å². The Bertz CT molecular complexity index is 1260. The Morgan fingerprint density at radius 3 is 2.56 bits per heavy atom. The molecule has 0 N–H and O–H groups in total. The van der Waals surface area contributed by atoms with Gasteiger partial charge in [-0.3, -0.25) is 4.90 Å². The zero-order valence-corrected chi connectivity index (χ0v) is 25.0. The van der Waals surface area contributed by atoms with Gasteiger partial charge in [-0.25, -0.2) is 9.18 Å². The van der Waals surface area contributed by atoms with Crippen LogP contribution < -0.4 is 9.64 Å². The summed E-state index contributed by atoms with van der Waals surface area (Å²) in [6.07, 6.45) is 7.38. The van der Waals surface area contributed by atoms with Gasteiger partial charge in [-0.05, 0) is 101 Å². The van der Waals surface area contributed by atoms with Gasteiger partial charge in [-0.2, -0.15) is 9.97 Å². The maximum absolute atomic E-state index is 15.4. The summed E-state index contributed by atoms with van der Waals surface area (Å²) in [5, 5.41) is 0.655. The van der Waals surface area contributed by atoms with Crippen LogP contribution in [-0.4, -0.2) is 82.9 Å². The van der Waals surface area contributed by atoms with E-state index in [1.165, 1.54) is 12.8 Å². The van der Waals surface area contributed by atoms with Crippen molar-refractivity contribution >= 4 is 38.7 Å². The molecular formula is C29H39BrFN5O3. The fourth-order valence-electron chi connectivity index (χ4n) is 7.48. The molecule has 3 aliphatic heterocycles. The minimum Gasteiger partial charge on any atom is -0.463 e. The molecule has 2 aromatic rings. The second-order valence-electron chi connectivity index (χ2n) is 12.9. The van der Waals surface area contributed by atoms with Crippen LogP contribution in [0.1, 0.15) is 65.7 Å². The molecule has 6 rings (SSSR count). The van der Waals surface area contributed by atoms with Crippen molar-refractivity contribution in [2.45, 2.75) is 89.4 Å². The molecule has 3 saturated heterocycles. The van der Waals surface area contributed by atoms with Crippen LogP contribution in [0.25, 0.3) is 10.9 Å². The van der Waals surface area contributed by atoms with Gasteiger partial charge in [-0.1, -0.05) is 6.42 Å². The quantitative estimate of drug-likeness (QED) is 0.440. The number of aromatic nitrogens is 2. The van der Waals surface area contributed by atoms with Crippen molar-refractivity contribution in [3.8, 4) is 6.01 Å². The third kappa shape index (κ3) is 4.96. The number of carbonyl (C=O) groups excluding carboxylic acids is 1. The van der Waals surface area contributed by atoms with Gasteiger partial charge in [0.25, 0.3) is 0 Å². The fraction of sp³-hybridized carbons (Fsp3) is 0.690. The lowest BCUT2D eigenvalue weighted by Crippen LogP contribution is -2.57. The van der Waals surface area contributed by atoms with Crippen LogP contribution in [0, 0.1) is 11.2 Å². The van der Waals surface area contributed by atoms with Crippen molar-refractivity contribution < 1.29 is 18.7 Å². The number of halogens is 2. The molecule has 0 radical (unpaired) electrons. The number of hydrogen-bond acceptors (Lipinski definition) is 7. The molecule has 212 valence electrons. The van der Waals surface area contributed by atoms with Gasteiger partial charge in [-0.15, -0.1) is 0 Å². The highest BCUT2D eigenvalue weighted by Gasteiger charge is 2.48. The summed E-state index contributed by atoms with van der Waals surface area (Å²) < 4.78 is 27.8. The minimum absolute atomic E-state index is 0.0178. The van der Waals surface area contributed by atoms with E-state index in [1.807, 2.05) is 31.7 Å². The number of nitrogens with zero attached hydrogens (tertiary/aromatic N) is 5. The van der Waals surface area contributed by atoms with E-state index in [0.29, 0.717) is 41.4 Å². The number of piperidine rings is 1. The van der Waals surface area contributed by atoms with Gasteiger partial charge < -0.3 is 19.3 Å². The molecule has 4 fully saturated rings. The highest BCUT2D eigenvalue weighted by molar-refractivity contribution is 9.10. The molecule has 1 aliphatic carbocycles. The number of benzene rings is 1. The molecule has 2 bridgehead atoms. The average Bonchev–Trinajstić information content (AvgIpc) is 3.43. The van der Waals surface area contributed by atoms with Crippen LogP contribution in [-0.2, 0) is 4.74 Å². The SMILES string of the molecule is CN1CCC[C@@]2(COc3nc(N4CC5CCC(C4)N5C(=O)OC(C)(C)C)c4ccc(Br)c(F)c4n3)CCC[C@@H]12. The lowest BCUT2D eigenvalue weighted by atomic mass is 9.76. The first-order valence-corrected chi connectivity index (χ1v) is 15.1. The molecule has 1 saturated carbocycles. The number of amides is 1. The standard InChI is InChI=1S/C29H39BrFN5O3/c1-28(2,3)39-27(37)36-18-8-9-19(36)16-35(15-18)25-20-10-11-21(30)23(31)24(20)32-26(33-25)38-17-29-12-5-7-22(29)34(4)14-6-13-29/h10-11,18-19,22H,5-9,12-17H2,1-4H3/t18?,19?,22-,29-/m1/s1. The van der Waals surface area contributed by atoms with Crippen LogP contribution in [0.15, 0.2) is 16.6 Å². The summed E-state index contributed by atoms with van der Waals surface area (Å²) >= 11 is 3.33. The Hall–Kier alpha value is -2.20. The third-order valence-electron chi connectivity index (χ3n) is 9.17. The van der Waals surface area contributed by atoms with Crippen molar-refractivity contribution in [2.24, 2.45) is 5.41 Å². The van der Waals surface area contributed by atoms with Crippen molar-refractivity contribution in [3.05, 3.63) is 22.4 Å². The van der Waals surface area contributed by atoms with Gasteiger partial charge in [0.05, 0.1) is 23.2 Å². The fourth-order valence-corrected chi connectivity index (χ4v) is 7.80. The van der Waals surface area contributed by atoms with Gasteiger partial charge in [0.15, 0.2) is 5.82 Å². The second kappa shape index (κ2) is 10.0. The second-order valence-corrected chi connectivity index (χ2v) is 13.8. The van der Waals surface area contributed by atoms with Gasteiger partial charge in [0, 0.05) is 29.9 Å². The van der Waals surface area contributed by atoms with Crippen molar-refractivity contribution in [1.29, 1.82) is 0 Å². The predicted molar refractivity (Wildman–Crippen MR) is 152 cm³/mol. The number of anilines is 1. The Kier molecular flexibility index (Phi) is 6.93. The highest BCUT2D eigenvalue weighted by atomic mass is 79.9. The van der Waals surface area contributed by atoms with E-state index in [4.69, 9.17) is 14.5 Å². The Balaban J connectivity index is 1.29. The lowest BCUT2D eigenvalue weighted by Gasteiger charge is -2.44. The van der Waals surface area contributed by atoms with Crippen LogP contribution in [0.2, 0.25) is 0 Å². The number of carbonyl (C=O) groups is 1. The molecule has 4 atom stereocenters. The zero-order valence-electron chi connectivity index (χ0n) is 23.4. The van der Waals surface area contributed by atoms with E-state index < -0.39 is 11.4 Å². The first-order chi connectivity index (χ1) is 18.5. The van der Waals surface area contributed by atoms with E-state index in [0.717, 1.165) is 38.6 Å². The monoisotopic (exact) mass is 603 g/mol. The van der Waals surface area contributed by atoms with E-state index >= 15 is 4.39 Å². The molecule has 1 aromatic heterocycles. The van der Waals surface area contributed by atoms with Crippen molar-refractivity contribution in [3.63, 3.8) is 0 Å². The molecule has 2 unspecified atom stereocenters. The molecule has 10 heteroatoms. The van der Waals surface area contributed by atoms with E-state index in [2.05, 4.69) is 37.8 Å². The zero-order chi connectivity index (χ0) is 27.5. The number of likely N-dealkylation sites (tertiary alicyclic amines) is 1.